The molecule has 1 fully saturated rings. The van der Waals surface area contributed by atoms with Gasteiger partial charge in [-0.3, -0.25) is 0 Å². The minimum absolute atomic E-state index is 0.566. The van der Waals surface area contributed by atoms with Crippen molar-refractivity contribution in [2.45, 2.75) is 44.1 Å². The highest BCUT2D eigenvalue weighted by Crippen LogP contribution is 2.29. The van der Waals surface area contributed by atoms with Crippen LogP contribution in [-0.4, -0.2) is 52.6 Å². The quantitative estimate of drug-likeness (QED) is 0.489. The summed E-state index contributed by atoms with van der Waals surface area (Å²) in [5.74, 6) is -1.25. The van der Waals surface area contributed by atoms with Crippen molar-refractivity contribution in [2.75, 3.05) is 7.11 Å². The first-order chi connectivity index (χ1) is 5.92. The SMILES string of the molecule is CO[C@@]1(C)OC(C)[C@H](O)[C@H](O)C1O. The maximum absolute atomic E-state index is 9.52. The zero-order valence-corrected chi connectivity index (χ0v) is 7.97. The molecule has 1 aliphatic rings. The fraction of sp³-hybridized carbons (Fsp3) is 1.00. The highest BCUT2D eigenvalue weighted by atomic mass is 16.7. The van der Waals surface area contributed by atoms with E-state index in [1.165, 1.54) is 14.0 Å². The molecule has 0 radical (unpaired) electrons. The van der Waals surface area contributed by atoms with Crippen LogP contribution in [0.5, 0.6) is 0 Å². The summed E-state index contributed by atoms with van der Waals surface area (Å²) in [6.45, 7) is 3.13. The van der Waals surface area contributed by atoms with Crippen LogP contribution in [0.15, 0.2) is 0 Å². The van der Waals surface area contributed by atoms with Crippen molar-refractivity contribution in [3.05, 3.63) is 0 Å². The maximum Gasteiger partial charge on any atom is 0.194 e. The van der Waals surface area contributed by atoms with E-state index in [1.54, 1.807) is 6.92 Å². The smallest absolute Gasteiger partial charge is 0.194 e. The van der Waals surface area contributed by atoms with Crippen LogP contribution in [-0.2, 0) is 9.47 Å². The summed E-state index contributed by atoms with van der Waals surface area (Å²) in [5, 5.41) is 28.3. The van der Waals surface area contributed by atoms with Gasteiger partial charge in [-0.15, -0.1) is 0 Å². The van der Waals surface area contributed by atoms with Gasteiger partial charge in [-0.1, -0.05) is 0 Å². The monoisotopic (exact) mass is 192 g/mol. The highest BCUT2D eigenvalue weighted by molar-refractivity contribution is 4.93. The molecule has 78 valence electrons. The van der Waals surface area contributed by atoms with Crippen molar-refractivity contribution < 1.29 is 24.8 Å². The first-order valence-electron chi connectivity index (χ1n) is 4.19. The summed E-state index contributed by atoms with van der Waals surface area (Å²) in [6, 6.07) is 0. The summed E-state index contributed by atoms with van der Waals surface area (Å²) in [6.07, 6.45) is -4.14. The Hall–Kier alpha value is -0.200. The number of aliphatic hydroxyl groups is 3. The maximum atomic E-state index is 9.52. The minimum atomic E-state index is -1.25. The number of methoxy groups -OCH3 is 1. The van der Waals surface area contributed by atoms with Crippen LogP contribution in [0, 0.1) is 0 Å². The second-order valence-corrected chi connectivity index (χ2v) is 3.47. The van der Waals surface area contributed by atoms with E-state index in [1.807, 2.05) is 0 Å². The lowest BCUT2D eigenvalue weighted by Gasteiger charge is -2.45. The number of ether oxygens (including phenoxy) is 2. The highest BCUT2D eigenvalue weighted by Gasteiger charge is 2.49. The predicted octanol–water partition coefficient (Wildman–Crippen LogP) is -1.15. The molecular formula is C8H16O5. The van der Waals surface area contributed by atoms with Crippen molar-refractivity contribution in [3.63, 3.8) is 0 Å². The topological polar surface area (TPSA) is 79.2 Å². The summed E-state index contributed by atoms with van der Waals surface area (Å²) in [4.78, 5) is 0. The molecule has 3 N–H and O–H groups in total. The average Bonchev–Trinajstić information content (AvgIpc) is 2.12. The van der Waals surface area contributed by atoms with Crippen LogP contribution in [0.2, 0.25) is 0 Å². The van der Waals surface area contributed by atoms with Crippen molar-refractivity contribution >= 4 is 0 Å². The van der Waals surface area contributed by atoms with Crippen LogP contribution in [0.25, 0.3) is 0 Å². The molecule has 5 atom stereocenters. The molecule has 0 saturated carbocycles. The number of rotatable bonds is 1. The van der Waals surface area contributed by atoms with E-state index in [-0.39, 0.29) is 0 Å². The number of hydrogen-bond acceptors (Lipinski definition) is 5. The van der Waals surface area contributed by atoms with E-state index < -0.39 is 30.2 Å². The Kier molecular flexibility index (Phi) is 2.94. The summed E-state index contributed by atoms with van der Waals surface area (Å²) in [5.41, 5.74) is 0. The van der Waals surface area contributed by atoms with E-state index >= 15 is 0 Å². The van der Waals surface area contributed by atoms with Gasteiger partial charge < -0.3 is 24.8 Å². The van der Waals surface area contributed by atoms with Crippen LogP contribution < -0.4 is 0 Å². The Morgan fingerprint density at radius 3 is 2.23 bits per heavy atom. The lowest BCUT2D eigenvalue weighted by molar-refractivity contribution is -0.343. The lowest BCUT2D eigenvalue weighted by Crippen LogP contribution is -2.63. The van der Waals surface area contributed by atoms with Gasteiger partial charge in [-0.2, -0.15) is 0 Å². The molecule has 0 aromatic carbocycles. The summed E-state index contributed by atoms with van der Waals surface area (Å²) < 4.78 is 10.2. The molecule has 5 nitrogen and oxygen atoms in total. The molecule has 1 heterocycles. The summed E-state index contributed by atoms with van der Waals surface area (Å²) in [7, 11) is 1.38. The van der Waals surface area contributed by atoms with E-state index in [2.05, 4.69) is 0 Å². The van der Waals surface area contributed by atoms with E-state index in [9.17, 15) is 15.3 Å². The molecule has 0 aromatic heterocycles. The van der Waals surface area contributed by atoms with Gasteiger partial charge in [0.15, 0.2) is 5.79 Å². The van der Waals surface area contributed by atoms with Gasteiger partial charge in [0, 0.05) is 7.11 Å². The zero-order chi connectivity index (χ0) is 10.2. The second kappa shape index (κ2) is 3.51. The molecule has 1 aliphatic heterocycles. The Balaban J connectivity index is 2.82. The van der Waals surface area contributed by atoms with E-state index in [4.69, 9.17) is 9.47 Å². The third-order valence-electron chi connectivity index (χ3n) is 2.52. The zero-order valence-electron chi connectivity index (χ0n) is 7.97. The molecule has 0 aliphatic carbocycles. The second-order valence-electron chi connectivity index (χ2n) is 3.47. The van der Waals surface area contributed by atoms with Crippen molar-refractivity contribution in [1.82, 2.24) is 0 Å². The van der Waals surface area contributed by atoms with Crippen LogP contribution in [0.1, 0.15) is 13.8 Å². The van der Waals surface area contributed by atoms with Gasteiger partial charge in [0.1, 0.15) is 18.3 Å². The largest absolute Gasteiger partial charge is 0.388 e. The Morgan fingerprint density at radius 1 is 1.23 bits per heavy atom. The Morgan fingerprint density at radius 2 is 1.77 bits per heavy atom. The van der Waals surface area contributed by atoms with Crippen LogP contribution >= 0.6 is 0 Å². The van der Waals surface area contributed by atoms with E-state index in [0.717, 1.165) is 0 Å². The van der Waals surface area contributed by atoms with Crippen molar-refractivity contribution in [2.24, 2.45) is 0 Å². The molecule has 1 rings (SSSR count). The lowest BCUT2D eigenvalue weighted by atomic mass is 9.94. The molecule has 2 unspecified atom stereocenters. The number of aliphatic hydroxyl groups excluding tert-OH is 3. The molecule has 1 saturated heterocycles. The van der Waals surface area contributed by atoms with Crippen molar-refractivity contribution in [3.8, 4) is 0 Å². The normalized spacial score (nSPS) is 52.2. The molecule has 5 heteroatoms. The Bertz CT molecular complexity index is 185. The summed E-state index contributed by atoms with van der Waals surface area (Å²) >= 11 is 0. The predicted molar refractivity (Wildman–Crippen MR) is 44.0 cm³/mol. The third-order valence-corrected chi connectivity index (χ3v) is 2.52. The Labute approximate surface area is 76.9 Å². The van der Waals surface area contributed by atoms with Gasteiger partial charge in [-0.25, -0.2) is 0 Å². The van der Waals surface area contributed by atoms with Gasteiger partial charge in [0.2, 0.25) is 0 Å². The van der Waals surface area contributed by atoms with Gasteiger partial charge in [-0.05, 0) is 13.8 Å². The molecule has 0 aromatic rings. The molecular weight excluding hydrogens is 176 g/mol. The fourth-order valence-corrected chi connectivity index (χ4v) is 1.45. The average molecular weight is 192 g/mol. The first-order valence-corrected chi connectivity index (χ1v) is 4.19. The standard InChI is InChI=1S/C8H16O5/c1-4-5(9)6(10)7(11)8(2,12-3)13-4/h4-7,9-11H,1-3H3/t4?,5-,6-,7?,8-/m0/s1. The van der Waals surface area contributed by atoms with Gasteiger partial charge in [0.05, 0.1) is 6.10 Å². The third kappa shape index (κ3) is 1.70. The molecule has 0 amide bonds. The molecule has 0 bridgehead atoms. The van der Waals surface area contributed by atoms with Crippen LogP contribution in [0.3, 0.4) is 0 Å². The molecule has 13 heavy (non-hydrogen) atoms. The van der Waals surface area contributed by atoms with Crippen LogP contribution in [0.4, 0.5) is 0 Å². The van der Waals surface area contributed by atoms with Crippen molar-refractivity contribution in [1.29, 1.82) is 0 Å². The minimum Gasteiger partial charge on any atom is -0.388 e. The van der Waals surface area contributed by atoms with Gasteiger partial charge in [0.25, 0.3) is 0 Å². The fourth-order valence-electron chi connectivity index (χ4n) is 1.45. The van der Waals surface area contributed by atoms with Gasteiger partial charge >= 0.3 is 0 Å². The first kappa shape index (κ1) is 10.9. The number of hydrogen-bond donors (Lipinski definition) is 3. The van der Waals surface area contributed by atoms with E-state index in [0.29, 0.717) is 0 Å². The molecule has 0 spiro atoms.